The molecule has 0 atom stereocenters. The highest BCUT2D eigenvalue weighted by Gasteiger charge is 2.29. The van der Waals surface area contributed by atoms with Crippen molar-refractivity contribution in [3.8, 4) is 17.3 Å². The fourth-order valence-corrected chi connectivity index (χ4v) is 2.73. The lowest BCUT2D eigenvalue weighted by atomic mass is 10.2. The molecule has 1 aliphatic rings. The topological polar surface area (TPSA) is 82.2 Å². The molecule has 0 radical (unpaired) electrons. The Kier molecular flexibility index (Phi) is 4.43. The first-order valence-electron chi connectivity index (χ1n) is 8.61. The summed E-state index contributed by atoms with van der Waals surface area (Å²) in [7, 11) is 1.63. The lowest BCUT2D eigenvalue weighted by Crippen LogP contribution is -2.27. The Morgan fingerprint density at radius 3 is 2.81 bits per heavy atom. The Bertz CT molecular complexity index is 894. The van der Waals surface area contributed by atoms with Crippen molar-refractivity contribution in [3.63, 3.8) is 0 Å². The summed E-state index contributed by atoms with van der Waals surface area (Å²) < 4.78 is 12.7. The number of carbonyl (C=O) groups is 1. The molecule has 0 aliphatic heterocycles. The first kappa shape index (κ1) is 16.4. The van der Waals surface area contributed by atoms with Gasteiger partial charge >= 0.3 is 0 Å². The molecule has 2 aromatic heterocycles. The number of nitrogens with zero attached hydrogens (tertiary/aromatic N) is 3. The third-order valence-corrected chi connectivity index (χ3v) is 4.38. The molecule has 1 fully saturated rings. The van der Waals surface area contributed by atoms with Gasteiger partial charge in [0, 0.05) is 18.7 Å². The number of ether oxygens (including phenoxy) is 1. The zero-order valence-electron chi connectivity index (χ0n) is 14.5. The van der Waals surface area contributed by atoms with E-state index in [0.29, 0.717) is 24.2 Å². The quantitative estimate of drug-likeness (QED) is 0.707. The molecule has 0 unspecified atom stereocenters. The molecule has 0 saturated heterocycles. The number of aromatic nitrogens is 3. The number of rotatable bonds is 7. The van der Waals surface area contributed by atoms with E-state index in [1.54, 1.807) is 7.11 Å². The molecule has 3 aromatic rings. The van der Waals surface area contributed by atoms with E-state index in [4.69, 9.17) is 9.15 Å². The molecular weight excluding hydrogens is 332 g/mol. The van der Waals surface area contributed by atoms with Crippen molar-refractivity contribution in [1.29, 1.82) is 0 Å². The summed E-state index contributed by atoms with van der Waals surface area (Å²) in [5.74, 6) is 2.27. The van der Waals surface area contributed by atoms with E-state index in [0.717, 1.165) is 29.8 Å². The minimum Gasteiger partial charge on any atom is -0.497 e. The highest BCUT2D eigenvalue weighted by atomic mass is 16.5. The van der Waals surface area contributed by atoms with Gasteiger partial charge in [-0.2, -0.15) is 0 Å². The van der Waals surface area contributed by atoms with Crippen molar-refractivity contribution < 1.29 is 13.9 Å². The first-order chi connectivity index (χ1) is 12.7. The smallest absolute Gasteiger partial charge is 0.264 e. The number of hydrogen-bond acceptors (Lipinski definition) is 5. The van der Waals surface area contributed by atoms with Crippen LogP contribution in [0.3, 0.4) is 0 Å². The molecule has 7 heteroatoms. The molecular formula is C19H20N4O3. The van der Waals surface area contributed by atoms with Gasteiger partial charge in [-0.3, -0.25) is 4.79 Å². The van der Waals surface area contributed by atoms with Crippen molar-refractivity contribution in [3.05, 3.63) is 54.0 Å². The number of nitrogens with one attached hydrogen (secondary N) is 1. The zero-order chi connectivity index (χ0) is 17.9. The van der Waals surface area contributed by atoms with Gasteiger partial charge in [0.15, 0.2) is 0 Å². The van der Waals surface area contributed by atoms with Gasteiger partial charge in [-0.05, 0) is 42.7 Å². The summed E-state index contributed by atoms with van der Waals surface area (Å²) in [6.45, 7) is 0.658. The molecule has 4 rings (SSSR count). The van der Waals surface area contributed by atoms with Crippen LogP contribution in [0.4, 0.5) is 0 Å². The SMILES string of the molecule is COc1ccc(CNC(=O)Cn2cccc2-c2nnc(C3CC3)o2)cc1. The summed E-state index contributed by atoms with van der Waals surface area (Å²) in [5, 5.41) is 11.1. The van der Waals surface area contributed by atoms with E-state index >= 15 is 0 Å². The van der Waals surface area contributed by atoms with E-state index in [-0.39, 0.29) is 12.5 Å². The van der Waals surface area contributed by atoms with E-state index in [1.165, 1.54) is 0 Å². The molecule has 1 aromatic carbocycles. The van der Waals surface area contributed by atoms with Gasteiger partial charge in [0.1, 0.15) is 18.0 Å². The van der Waals surface area contributed by atoms with Crippen LogP contribution in [0, 0.1) is 0 Å². The summed E-state index contributed by atoms with van der Waals surface area (Å²) in [4.78, 5) is 12.3. The molecule has 1 amide bonds. The molecule has 1 aliphatic carbocycles. The molecule has 0 spiro atoms. The minimum atomic E-state index is -0.0831. The van der Waals surface area contributed by atoms with Gasteiger partial charge in [-0.1, -0.05) is 12.1 Å². The van der Waals surface area contributed by atoms with E-state index in [1.807, 2.05) is 47.2 Å². The first-order valence-corrected chi connectivity index (χ1v) is 8.61. The number of methoxy groups -OCH3 is 1. The minimum absolute atomic E-state index is 0.0831. The standard InChI is InChI=1S/C19H20N4O3/c1-25-15-8-4-13(5-9-15)11-20-17(24)12-23-10-2-3-16(23)19-22-21-18(26-19)14-6-7-14/h2-5,8-10,14H,6-7,11-12H2,1H3,(H,20,24). The lowest BCUT2D eigenvalue weighted by molar-refractivity contribution is -0.121. The monoisotopic (exact) mass is 352 g/mol. The van der Waals surface area contributed by atoms with Crippen molar-refractivity contribution in [1.82, 2.24) is 20.1 Å². The number of carbonyl (C=O) groups excluding carboxylic acids is 1. The molecule has 0 bridgehead atoms. The largest absolute Gasteiger partial charge is 0.497 e. The van der Waals surface area contributed by atoms with Crippen LogP contribution in [0.25, 0.3) is 11.6 Å². The second kappa shape index (κ2) is 7.03. The lowest BCUT2D eigenvalue weighted by Gasteiger charge is -2.09. The third-order valence-electron chi connectivity index (χ3n) is 4.38. The van der Waals surface area contributed by atoms with Gasteiger partial charge in [0.2, 0.25) is 11.8 Å². The summed E-state index contributed by atoms with van der Waals surface area (Å²) in [6.07, 6.45) is 4.05. The van der Waals surface area contributed by atoms with Gasteiger partial charge in [-0.15, -0.1) is 10.2 Å². The van der Waals surface area contributed by atoms with Crippen LogP contribution < -0.4 is 10.1 Å². The van der Waals surface area contributed by atoms with Crippen LogP contribution in [0.1, 0.15) is 30.2 Å². The second-order valence-electron chi connectivity index (χ2n) is 6.37. The van der Waals surface area contributed by atoms with Gasteiger partial charge in [-0.25, -0.2) is 0 Å². The average Bonchev–Trinajstić information content (AvgIpc) is 3.22. The summed E-state index contributed by atoms with van der Waals surface area (Å²) in [5.41, 5.74) is 1.77. The normalized spacial score (nSPS) is 13.6. The highest BCUT2D eigenvalue weighted by molar-refractivity contribution is 5.76. The van der Waals surface area contributed by atoms with Crippen LogP contribution in [-0.4, -0.2) is 27.8 Å². The number of hydrogen-bond donors (Lipinski definition) is 1. The van der Waals surface area contributed by atoms with Crippen molar-refractivity contribution in [2.45, 2.75) is 31.8 Å². The van der Waals surface area contributed by atoms with Crippen LogP contribution in [0.15, 0.2) is 47.0 Å². The van der Waals surface area contributed by atoms with Crippen LogP contribution in [0.2, 0.25) is 0 Å². The predicted octanol–water partition coefficient (Wildman–Crippen LogP) is 2.74. The highest BCUT2D eigenvalue weighted by Crippen LogP contribution is 2.39. The van der Waals surface area contributed by atoms with Crippen molar-refractivity contribution in [2.24, 2.45) is 0 Å². The van der Waals surface area contributed by atoms with Crippen molar-refractivity contribution >= 4 is 5.91 Å². The number of benzene rings is 1. The van der Waals surface area contributed by atoms with Crippen LogP contribution in [0.5, 0.6) is 5.75 Å². The fourth-order valence-electron chi connectivity index (χ4n) is 2.73. The van der Waals surface area contributed by atoms with E-state index in [9.17, 15) is 4.79 Å². The Morgan fingerprint density at radius 1 is 1.27 bits per heavy atom. The average molecular weight is 352 g/mol. The Balaban J connectivity index is 1.37. The van der Waals surface area contributed by atoms with Crippen molar-refractivity contribution in [2.75, 3.05) is 7.11 Å². The molecule has 134 valence electrons. The molecule has 7 nitrogen and oxygen atoms in total. The maximum atomic E-state index is 12.3. The van der Waals surface area contributed by atoms with E-state index in [2.05, 4.69) is 15.5 Å². The van der Waals surface area contributed by atoms with Gasteiger partial charge < -0.3 is 19.0 Å². The Hall–Kier alpha value is -3.09. The van der Waals surface area contributed by atoms with Gasteiger partial charge in [0.25, 0.3) is 5.89 Å². The van der Waals surface area contributed by atoms with Crippen LogP contribution in [-0.2, 0) is 17.9 Å². The van der Waals surface area contributed by atoms with E-state index < -0.39 is 0 Å². The molecule has 1 N–H and O–H groups in total. The number of amides is 1. The molecule has 26 heavy (non-hydrogen) atoms. The molecule has 2 heterocycles. The third kappa shape index (κ3) is 3.61. The summed E-state index contributed by atoms with van der Waals surface area (Å²) >= 11 is 0. The Morgan fingerprint density at radius 2 is 2.08 bits per heavy atom. The maximum Gasteiger partial charge on any atom is 0.264 e. The maximum absolute atomic E-state index is 12.3. The summed E-state index contributed by atoms with van der Waals surface area (Å²) in [6, 6.07) is 11.3. The van der Waals surface area contributed by atoms with Crippen LogP contribution >= 0.6 is 0 Å². The predicted molar refractivity (Wildman–Crippen MR) is 94.5 cm³/mol. The Labute approximate surface area is 151 Å². The fraction of sp³-hybridized carbons (Fsp3) is 0.316. The molecule has 1 saturated carbocycles. The van der Waals surface area contributed by atoms with Gasteiger partial charge in [0.05, 0.1) is 7.11 Å². The second-order valence-corrected chi connectivity index (χ2v) is 6.37. The zero-order valence-corrected chi connectivity index (χ0v) is 14.5.